The van der Waals surface area contributed by atoms with Gasteiger partial charge in [0.2, 0.25) is 11.8 Å². The van der Waals surface area contributed by atoms with Crippen LogP contribution in [-0.4, -0.2) is 58.1 Å². The Balaban J connectivity index is 1.48. The predicted octanol–water partition coefficient (Wildman–Crippen LogP) is 2.17. The molecule has 3 amide bonds. The average Bonchev–Trinajstić information content (AvgIpc) is 2.90. The minimum atomic E-state index is -4.12. The number of benzene rings is 1. The number of methoxy groups -OCH3 is 1. The monoisotopic (exact) mass is 532 g/mol. The minimum Gasteiger partial charge on any atom is -0.391 e. The van der Waals surface area contributed by atoms with Crippen LogP contribution in [0, 0.1) is 5.92 Å². The molecule has 1 aliphatic carbocycles. The van der Waals surface area contributed by atoms with Crippen molar-refractivity contribution in [1.29, 1.82) is 0 Å². The fourth-order valence-electron chi connectivity index (χ4n) is 3.88. The van der Waals surface area contributed by atoms with Crippen LogP contribution in [0.3, 0.4) is 0 Å². The van der Waals surface area contributed by atoms with Crippen LogP contribution in [0.2, 0.25) is 0 Å². The van der Waals surface area contributed by atoms with Gasteiger partial charge in [-0.15, -0.1) is 0 Å². The fourth-order valence-corrected chi connectivity index (χ4v) is 4.85. The van der Waals surface area contributed by atoms with Crippen LogP contribution in [0.5, 0.6) is 5.88 Å². The van der Waals surface area contributed by atoms with Gasteiger partial charge >= 0.3 is 6.09 Å². The Hall–Kier alpha value is -3.51. The van der Waals surface area contributed by atoms with Crippen molar-refractivity contribution in [3.05, 3.63) is 53.7 Å². The lowest BCUT2D eigenvalue weighted by Gasteiger charge is -2.20. The molecule has 1 aliphatic rings. The second-order valence-corrected chi connectivity index (χ2v) is 10.3. The number of nitrogens with one attached hydrogen (secondary N) is 3. The van der Waals surface area contributed by atoms with Crippen molar-refractivity contribution < 1.29 is 32.3 Å². The van der Waals surface area contributed by atoms with E-state index in [1.54, 1.807) is 12.1 Å². The first-order valence-corrected chi connectivity index (χ1v) is 13.6. The molecule has 0 aliphatic heterocycles. The Morgan fingerprint density at radius 1 is 0.973 bits per heavy atom. The average molecular weight is 533 g/mol. The number of rotatable bonds is 11. The molecule has 1 saturated carbocycles. The predicted molar refractivity (Wildman–Crippen MR) is 135 cm³/mol. The highest BCUT2D eigenvalue weighted by atomic mass is 32.2. The van der Waals surface area contributed by atoms with Crippen LogP contribution in [0.4, 0.5) is 4.79 Å². The molecule has 0 spiro atoms. The first kappa shape index (κ1) is 28.1. The largest absolute Gasteiger partial charge is 0.414 e. The van der Waals surface area contributed by atoms with E-state index in [9.17, 15) is 22.8 Å². The molecule has 2 aromatic rings. The number of amides is 3. The van der Waals surface area contributed by atoms with Crippen molar-refractivity contribution in [2.24, 2.45) is 5.92 Å². The zero-order valence-corrected chi connectivity index (χ0v) is 21.5. The van der Waals surface area contributed by atoms with Gasteiger partial charge in [0, 0.05) is 38.4 Å². The third-order valence-electron chi connectivity index (χ3n) is 5.92. The molecule has 1 heterocycles. The molecule has 11 nitrogen and oxygen atoms in total. The lowest BCUT2D eigenvalue weighted by Crippen LogP contribution is -2.33. The van der Waals surface area contributed by atoms with Crippen molar-refractivity contribution in [3.63, 3.8) is 0 Å². The summed E-state index contributed by atoms with van der Waals surface area (Å²) < 4.78 is 37.1. The Labute approximate surface area is 216 Å². The van der Waals surface area contributed by atoms with Gasteiger partial charge in [-0.1, -0.05) is 31.4 Å². The van der Waals surface area contributed by atoms with Crippen molar-refractivity contribution >= 4 is 27.9 Å². The summed E-state index contributed by atoms with van der Waals surface area (Å²) in [6.07, 6.45) is 6.18. The zero-order chi connectivity index (χ0) is 26.7. The van der Waals surface area contributed by atoms with Crippen LogP contribution >= 0.6 is 0 Å². The number of hydrogen-bond donors (Lipinski definition) is 3. The summed E-state index contributed by atoms with van der Waals surface area (Å²) in [5, 5.41) is 5.41. The summed E-state index contributed by atoms with van der Waals surface area (Å²) in [5.74, 6) is -0.756. The molecule has 12 heteroatoms. The topological polar surface area (TPSA) is 153 Å². The first-order chi connectivity index (χ1) is 17.8. The maximum absolute atomic E-state index is 12.6. The van der Waals surface area contributed by atoms with Gasteiger partial charge in [0.25, 0.3) is 15.9 Å². The second kappa shape index (κ2) is 13.7. The number of sulfonamides is 1. The van der Waals surface area contributed by atoms with Crippen molar-refractivity contribution in [3.8, 4) is 5.88 Å². The van der Waals surface area contributed by atoms with E-state index in [1.165, 1.54) is 37.8 Å². The van der Waals surface area contributed by atoms with Crippen LogP contribution in [0.15, 0.2) is 47.5 Å². The third kappa shape index (κ3) is 8.83. The van der Waals surface area contributed by atoms with Gasteiger partial charge in [0.05, 0.1) is 17.1 Å². The van der Waals surface area contributed by atoms with E-state index in [1.807, 2.05) is 4.72 Å². The van der Waals surface area contributed by atoms with Gasteiger partial charge in [0.1, 0.15) is 0 Å². The number of carbonyl (C=O) groups is 3. The molecular weight excluding hydrogens is 500 g/mol. The number of nitrogens with zero attached hydrogens (tertiary/aromatic N) is 1. The molecule has 1 aromatic heterocycles. The first-order valence-electron chi connectivity index (χ1n) is 12.1. The van der Waals surface area contributed by atoms with E-state index in [2.05, 4.69) is 15.6 Å². The minimum absolute atomic E-state index is 0.0268. The standard InChI is InChI=1S/C25H32N4O7S/c1-35-16-15-27-25(32)36-22-12-9-20(17-28-22)24(31)29-37(33,34)21-10-7-18(8-11-21)13-14-26-23(30)19-5-3-2-4-6-19/h7-12,17,19H,2-6,13-16H2,1H3,(H,26,30)(H,27,32)(H,29,31). The van der Waals surface area contributed by atoms with Gasteiger partial charge in [-0.3, -0.25) is 9.59 Å². The van der Waals surface area contributed by atoms with E-state index in [4.69, 9.17) is 9.47 Å². The second-order valence-electron chi connectivity index (χ2n) is 8.65. The number of carbonyl (C=O) groups excluding carboxylic acids is 3. The quantitative estimate of drug-likeness (QED) is 0.372. The molecule has 1 aromatic carbocycles. The van der Waals surface area contributed by atoms with E-state index in [0.717, 1.165) is 37.4 Å². The fraction of sp³-hybridized carbons (Fsp3) is 0.440. The van der Waals surface area contributed by atoms with Crippen LogP contribution in [0.1, 0.15) is 48.0 Å². The zero-order valence-electron chi connectivity index (χ0n) is 20.7. The summed E-state index contributed by atoms with van der Waals surface area (Å²) in [4.78, 5) is 40.1. The van der Waals surface area contributed by atoms with Gasteiger partial charge in [-0.25, -0.2) is 22.9 Å². The van der Waals surface area contributed by atoms with Gasteiger partial charge in [-0.2, -0.15) is 0 Å². The maximum atomic E-state index is 12.6. The Bertz CT molecular complexity index is 1160. The van der Waals surface area contributed by atoms with E-state index in [0.29, 0.717) is 19.6 Å². The number of pyridine rings is 1. The van der Waals surface area contributed by atoms with Crippen LogP contribution in [-0.2, 0) is 26.0 Å². The number of hydrogen-bond acceptors (Lipinski definition) is 8. The molecular formula is C25H32N4O7S. The Morgan fingerprint density at radius 2 is 1.70 bits per heavy atom. The van der Waals surface area contributed by atoms with E-state index >= 15 is 0 Å². The summed E-state index contributed by atoms with van der Waals surface area (Å²) in [6, 6.07) is 8.69. The van der Waals surface area contributed by atoms with E-state index < -0.39 is 22.0 Å². The van der Waals surface area contributed by atoms with E-state index in [-0.39, 0.29) is 34.7 Å². The molecule has 200 valence electrons. The summed E-state index contributed by atoms with van der Waals surface area (Å²) in [5.41, 5.74) is 0.835. The molecule has 0 atom stereocenters. The van der Waals surface area contributed by atoms with Crippen molar-refractivity contribution in [2.75, 3.05) is 26.8 Å². The highest BCUT2D eigenvalue weighted by Crippen LogP contribution is 2.23. The maximum Gasteiger partial charge on any atom is 0.414 e. The number of ether oxygens (including phenoxy) is 2. The van der Waals surface area contributed by atoms with Gasteiger partial charge in [0.15, 0.2) is 0 Å². The van der Waals surface area contributed by atoms with Crippen molar-refractivity contribution in [2.45, 2.75) is 43.4 Å². The summed E-state index contributed by atoms with van der Waals surface area (Å²) in [6.45, 7) is 1.04. The summed E-state index contributed by atoms with van der Waals surface area (Å²) >= 11 is 0. The molecule has 0 saturated heterocycles. The SMILES string of the molecule is COCCNC(=O)Oc1ccc(C(=O)NS(=O)(=O)c2ccc(CCNC(=O)C3CCCCC3)cc2)cn1. The Morgan fingerprint density at radius 3 is 2.35 bits per heavy atom. The third-order valence-corrected chi connectivity index (χ3v) is 7.27. The number of aromatic nitrogens is 1. The molecule has 37 heavy (non-hydrogen) atoms. The Kier molecular flexibility index (Phi) is 10.4. The highest BCUT2D eigenvalue weighted by Gasteiger charge is 2.21. The molecule has 0 unspecified atom stereocenters. The molecule has 0 radical (unpaired) electrons. The molecule has 0 bridgehead atoms. The highest BCUT2D eigenvalue weighted by molar-refractivity contribution is 7.90. The van der Waals surface area contributed by atoms with Crippen molar-refractivity contribution in [1.82, 2.24) is 20.3 Å². The van der Waals surface area contributed by atoms with Gasteiger partial charge in [-0.05, 0) is 43.0 Å². The van der Waals surface area contributed by atoms with Gasteiger partial charge < -0.3 is 20.1 Å². The van der Waals surface area contributed by atoms with Crippen LogP contribution in [0.25, 0.3) is 0 Å². The lowest BCUT2D eigenvalue weighted by molar-refractivity contribution is -0.125. The lowest BCUT2D eigenvalue weighted by atomic mass is 9.88. The summed E-state index contributed by atoms with van der Waals surface area (Å²) in [7, 11) is -2.62. The molecule has 1 fully saturated rings. The molecule has 3 rings (SSSR count). The normalized spacial score (nSPS) is 14.0. The van der Waals surface area contributed by atoms with Crippen LogP contribution < -0.4 is 20.1 Å². The molecule has 3 N–H and O–H groups in total. The smallest absolute Gasteiger partial charge is 0.391 e.